The number of likely N-dealkylation sites (N-methyl/N-ethyl adjacent to an activating group) is 1. The van der Waals surface area contributed by atoms with Gasteiger partial charge in [0.25, 0.3) is 0 Å². The van der Waals surface area contributed by atoms with Crippen molar-refractivity contribution in [3.63, 3.8) is 0 Å². The molecule has 1 aromatic carbocycles. The molecular formula is C17H26FNO2. The Labute approximate surface area is 126 Å². The molecule has 0 amide bonds. The van der Waals surface area contributed by atoms with Gasteiger partial charge in [0.05, 0.1) is 18.8 Å². The summed E-state index contributed by atoms with van der Waals surface area (Å²) in [7, 11) is 3.37. The molecule has 2 rings (SSSR count). The Morgan fingerprint density at radius 1 is 1.29 bits per heavy atom. The van der Waals surface area contributed by atoms with Gasteiger partial charge in [-0.2, -0.15) is 0 Å². The van der Waals surface area contributed by atoms with Gasteiger partial charge in [-0.25, -0.2) is 4.39 Å². The Morgan fingerprint density at radius 2 is 2.00 bits per heavy atom. The Kier molecular flexibility index (Phi) is 5.59. The second-order valence-corrected chi connectivity index (χ2v) is 5.64. The second-order valence-electron chi connectivity index (χ2n) is 5.64. The number of hydrogen-bond acceptors (Lipinski definition) is 3. The van der Waals surface area contributed by atoms with E-state index in [4.69, 9.17) is 9.47 Å². The summed E-state index contributed by atoms with van der Waals surface area (Å²) in [5.74, 6) is -0.000732. The molecule has 1 aliphatic carbocycles. The van der Waals surface area contributed by atoms with Gasteiger partial charge < -0.3 is 14.8 Å². The van der Waals surface area contributed by atoms with Crippen LogP contribution in [0.4, 0.5) is 4.39 Å². The molecule has 1 fully saturated rings. The largest absolute Gasteiger partial charge is 0.494 e. The smallest absolute Gasteiger partial charge is 0.169 e. The van der Waals surface area contributed by atoms with Crippen molar-refractivity contribution in [3.8, 4) is 5.75 Å². The summed E-state index contributed by atoms with van der Waals surface area (Å²) in [5.41, 5.74) is 0.307. The third-order valence-electron chi connectivity index (χ3n) is 4.47. The molecule has 118 valence electrons. The summed E-state index contributed by atoms with van der Waals surface area (Å²) in [6, 6.07) is 5.16. The Balaban J connectivity index is 2.41. The highest BCUT2D eigenvalue weighted by molar-refractivity contribution is 5.34. The zero-order chi connectivity index (χ0) is 15.3. The minimum atomic E-state index is -0.324. The number of ether oxygens (including phenoxy) is 2. The lowest BCUT2D eigenvalue weighted by Gasteiger charge is -2.43. The molecule has 1 saturated carbocycles. The molecule has 0 spiro atoms. The first-order valence-corrected chi connectivity index (χ1v) is 7.82. The van der Waals surface area contributed by atoms with Crippen molar-refractivity contribution in [3.05, 3.63) is 29.6 Å². The van der Waals surface area contributed by atoms with Gasteiger partial charge >= 0.3 is 0 Å². The average Bonchev–Trinajstić information content (AvgIpc) is 2.51. The van der Waals surface area contributed by atoms with Crippen molar-refractivity contribution >= 4 is 0 Å². The Bertz CT molecular complexity index is 453. The number of methoxy groups -OCH3 is 1. The van der Waals surface area contributed by atoms with E-state index in [0.717, 1.165) is 25.7 Å². The van der Waals surface area contributed by atoms with Gasteiger partial charge in [0.2, 0.25) is 0 Å². The van der Waals surface area contributed by atoms with Gasteiger partial charge in [-0.15, -0.1) is 0 Å². The molecule has 1 aromatic rings. The second kappa shape index (κ2) is 7.23. The zero-order valence-corrected chi connectivity index (χ0v) is 13.2. The van der Waals surface area contributed by atoms with Gasteiger partial charge in [0.15, 0.2) is 11.6 Å². The summed E-state index contributed by atoms with van der Waals surface area (Å²) in [6.07, 6.45) is 5.41. The van der Waals surface area contributed by atoms with Crippen LogP contribution in [-0.2, 0) is 4.74 Å². The number of benzene rings is 1. The highest BCUT2D eigenvalue weighted by Gasteiger charge is 2.42. The first kappa shape index (κ1) is 16.2. The standard InChI is InChI=1S/C17H26FNO2/c1-4-21-17(11-6-5-7-12-17)16(19-2)13-9-8-10-14(20-3)15(13)18/h8-10,16,19H,4-7,11-12H2,1-3H3. The molecule has 4 heteroatoms. The van der Waals surface area contributed by atoms with E-state index in [2.05, 4.69) is 5.32 Å². The SMILES string of the molecule is CCOC1(C(NC)c2cccc(OC)c2F)CCCCC1. The van der Waals surface area contributed by atoms with Gasteiger partial charge in [-0.1, -0.05) is 31.4 Å². The van der Waals surface area contributed by atoms with Crippen LogP contribution >= 0.6 is 0 Å². The van der Waals surface area contributed by atoms with Crippen LogP contribution in [0.1, 0.15) is 50.6 Å². The van der Waals surface area contributed by atoms with Crippen LogP contribution in [-0.4, -0.2) is 26.4 Å². The topological polar surface area (TPSA) is 30.5 Å². The number of halogens is 1. The van der Waals surface area contributed by atoms with E-state index < -0.39 is 0 Å². The van der Waals surface area contributed by atoms with Crippen LogP contribution < -0.4 is 10.1 Å². The molecule has 1 N–H and O–H groups in total. The highest BCUT2D eigenvalue weighted by Crippen LogP contribution is 2.43. The monoisotopic (exact) mass is 295 g/mol. The van der Waals surface area contributed by atoms with Gasteiger partial charge in [0.1, 0.15) is 0 Å². The van der Waals surface area contributed by atoms with E-state index in [1.165, 1.54) is 13.5 Å². The van der Waals surface area contributed by atoms with Crippen LogP contribution in [0.5, 0.6) is 5.75 Å². The third-order valence-corrected chi connectivity index (χ3v) is 4.47. The molecule has 1 atom stereocenters. The van der Waals surface area contributed by atoms with Crippen molar-refractivity contribution in [1.82, 2.24) is 5.32 Å². The van der Waals surface area contributed by atoms with Crippen molar-refractivity contribution in [2.45, 2.75) is 50.7 Å². The molecule has 1 aliphatic rings. The predicted molar refractivity (Wildman–Crippen MR) is 82.2 cm³/mol. The first-order valence-electron chi connectivity index (χ1n) is 7.82. The number of rotatable bonds is 6. The van der Waals surface area contributed by atoms with Crippen LogP contribution in [0.25, 0.3) is 0 Å². The van der Waals surface area contributed by atoms with Crippen LogP contribution in [0.3, 0.4) is 0 Å². The fourth-order valence-electron chi connectivity index (χ4n) is 3.56. The van der Waals surface area contributed by atoms with E-state index in [-0.39, 0.29) is 23.2 Å². The lowest BCUT2D eigenvalue weighted by Crippen LogP contribution is -2.47. The Morgan fingerprint density at radius 3 is 2.57 bits per heavy atom. The Hall–Kier alpha value is -1.13. The van der Waals surface area contributed by atoms with Crippen molar-refractivity contribution in [2.24, 2.45) is 0 Å². The molecule has 0 aliphatic heterocycles. The molecule has 21 heavy (non-hydrogen) atoms. The molecule has 0 saturated heterocycles. The van der Waals surface area contributed by atoms with Gasteiger partial charge in [-0.05, 0) is 32.9 Å². The van der Waals surface area contributed by atoms with Crippen molar-refractivity contribution < 1.29 is 13.9 Å². The lowest BCUT2D eigenvalue weighted by molar-refractivity contribution is -0.0905. The minimum Gasteiger partial charge on any atom is -0.494 e. The maximum atomic E-state index is 14.7. The third kappa shape index (κ3) is 3.22. The highest BCUT2D eigenvalue weighted by atomic mass is 19.1. The van der Waals surface area contributed by atoms with E-state index >= 15 is 0 Å². The summed E-state index contributed by atoms with van der Waals surface area (Å²) in [6.45, 7) is 2.65. The summed E-state index contributed by atoms with van der Waals surface area (Å²) in [4.78, 5) is 0. The van der Waals surface area contributed by atoms with Crippen LogP contribution in [0, 0.1) is 5.82 Å². The van der Waals surface area contributed by atoms with Gasteiger partial charge in [-0.3, -0.25) is 0 Å². The quantitative estimate of drug-likeness (QED) is 0.865. The van der Waals surface area contributed by atoms with Crippen LogP contribution in [0.2, 0.25) is 0 Å². The number of hydrogen-bond donors (Lipinski definition) is 1. The summed E-state index contributed by atoms with van der Waals surface area (Å²) in [5, 5.41) is 3.29. The minimum absolute atomic E-state index is 0.159. The predicted octanol–water partition coefficient (Wildman–Crippen LogP) is 3.83. The molecule has 0 radical (unpaired) electrons. The molecule has 0 aromatic heterocycles. The van der Waals surface area contributed by atoms with Crippen molar-refractivity contribution in [1.29, 1.82) is 0 Å². The molecule has 0 bridgehead atoms. The van der Waals surface area contributed by atoms with Gasteiger partial charge in [0, 0.05) is 12.2 Å². The van der Waals surface area contributed by atoms with E-state index in [0.29, 0.717) is 12.2 Å². The lowest BCUT2D eigenvalue weighted by atomic mass is 9.76. The van der Waals surface area contributed by atoms with E-state index in [1.54, 1.807) is 6.07 Å². The molecular weight excluding hydrogens is 269 g/mol. The van der Waals surface area contributed by atoms with E-state index in [1.807, 2.05) is 26.1 Å². The van der Waals surface area contributed by atoms with E-state index in [9.17, 15) is 4.39 Å². The summed E-state index contributed by atoms with van der Waals surface area (Å²) < 4.78 is 25.9. The molecule has 3 nitrogen and oxygen atoms in total. The molecule has 0 heterocycles. The van der Waals surface area contributed by atoms with Crippen LogP contribution in [0.15, 0.2) is 18.2 Å². The van der Waals surface area contributed by atoms with Crippen molar-refractivity contribution in [2.75, 3.05) is 20.8 Å². The maximum absolute atomic E-state index is 14.7. The molecule has 1 unspecified atom stereocenters. The fourth-order valence-corrected chi connectivity index (χ4v) is 3.56. The zero-order valence-electron chi connectivity index (χ0n) is 13.2. The maximum Gasteiger partial charge on any atom is 0.169 e. The average molecular weight is 295 g/mol. The first-order chi connectivity index (χ1) is 10.2. The summed E-state index contributed by atoms with van der Waals surface area (Å²) >= 11 is 0. The fraction of sp³-hybridized carbons (Fsp3) is 0.647. The number of nitrogens with one attached hydrogen (secondary N) is 1. The normalized spacial score (nSPS) is 19.2.